The molecule has 1 heterocycles. The van der Waals surface area contributed by atoms with E-state index in [1.165, 1.54) is 4.68 Å². The smallest absolute Gasteiger partial charge is 0.282 e. The van der Waals surface area contributed by atoms with Crippen molar-refractivity contribution in [3.05, 3.63) is 61.6 Å². The van der Waals surface area contributed by atoms with Gasteiger partial charge in [-0.25, -0.2) is 4.98 Å². The summed E-state index contributed by atoms with van der Waals surface area (Å²) in [6.07, 6.45) is 3.25. The van der Waals surface area contributed by atoms with E-state index in [1.807, 2.05) is 32.9 Å². The van der Waals surface area contributed by atoms with E-state index in [4.69, 9.17) is 26.1 Å². The molecule has 170 valence electrons. The van der Waals surface area contributed by atoms with Crippen LogP contribution in [0.25, 0.3) is 10.9 Å². The van der Waals surface area contributed by atoms with Crippen molar-refractivity contribution < 1.29 is 9.47 Å². The minimum absolute atomic E-state index is 0.000539. The fourth-order valence-electron chi connectivity index (χ4n) is 3.12. The van der Waals surface area contributed by atoms with Gasteiger partial charge >= 0.3 is 0 Å². The number of rotatable bonds is 8. The summed E-state index contributed by atoms with van der Waals surface area (Å²) in [4.78, 5) is 18.0. The first-order chi connectivity index (χ1) is 15.3. The van der Waals surface area contributed by atoms with Gasteiger partial charge in [-0.2, -0.15) is 9.78 Å². The molecule has 0 saturated heterocycles. The zero-order chi connectivity index (χ0) is 23.4. The molecule has 3 rings (SSSR count). The highest BCUT2D eigenvalue weighted by Gasteiger charge is 2.17. The summed E-state index contributed by atoms with van der Waals surface area (Å²) in [7, 11) is 1.56. The molecule has 0 spiro atoms. The van der Waals surface area contributed by atoms with Gasteiger partial charge in [0.25, 0.3) is 5.56 Å². The molecule has 0 aliphatic rings. The summed E-state index contributed by atoms with van der Waals surface area (Å²) in [5.41, 5.74) is 1.11. The van der Waals surface area contributed by atoms with E-state index in [0.29, 0.717) is 38.8 Å². The predicted molar refractivity (Wildman–Crippen MR) is 134 cm³/mol. The highest BCUT2D eigenvalue weighted by atomic mass is 79.9. The molecule has 0 saturated carbocycles. The quantitative estimate of drug-likeness (QED) is 0.323. The Balaban J connectivity index is 2.10. The number of halogens is 2. The molecule has 32 heavy (non-hydrogen) atoms. The van der Waals surface area contributed by atoms with Gasteiger partial charge in [0.1, 0.15) is 5.82 Å². The standard InChI is InChI=1S/C24H27BrClN3O3/c1-6-14(3)23-28-20-9-8-17(25)12-18(20)24(30)29(23)27-13-16-10-19(26)22(21(11-16)31-5)32-15(4)7-2/h8-15H,6-7H2,1-5H3/t14-,15+/m0/s1. The maximum Gasteiger partial charge on any atom is 0.282 e. The third-order valence-corrected chi connectivity index (χ3v) is 6.13. The van der Waals surface area contributed by atoms with Crippen LogP contribution in [0, 0.1) is 0 Å². The van der Waals surface area contributed by atoms with Crippen molar-refractivity contribution in [3.63, 3.8) is 0 Å². The van der Waals surface area contributed by atoms with Crippen LogP contribution in [0.1, 0.15) is 57.8 Å². The highest BCUT2D eigenvalue weighted by molar-refractivity contribution is 9.10. The molecule has 0 N–H and O–H groups in total. The van der Waals surface area contributed by atoms with Gasteiger partial charge in [-0.1, -0.05) is 48.3 Å². The number of nitrogens with zero attached hydrogens (tertiary/aromatic N) is 3. The molecule has 0 unspecified atom stereocenters. The van der Waals surface area contributed by atoms with Crippen LogP contribution in [0.15, 0.2) is 44.7 Å². The molecule has 0 fully saturated rings. The molecule has 0 aliphatic heterocycles. The lowest BCUT2D eigenvalue weighted by molar-refractivity contribution is 0.208. The van der Waals surface area contributed by atoms with E-state index in [-0.39, 0.29) is 17.6 Å². The van der Waals surface area contributed by atoms with E-state index in [1.54, 1.807) is 31.5 Å². The average Bonchev–Trinajstić information content (AvgIpc) is 2.79. The molecule has 0 bridgehead atoms. The first-order valence-electron chi connectivity index (χ1n) is 10.6. The van der Waals surface area contributed by atoms with Gasteiger partial charge in [0.05, 0.1) is 35.4 Å². The van der Waals surface area contributed by atoms with Gasteiger partial charge in [-0.05, 0) is 55.7 Å². The Morgan fingerprint density at radius 3 is 2.62 bits per heavy atom. The highest BCUT2D eigenvalue weighted by Crippen LogP contribution is 2.37. The summed E-state index contributed by atoms with van der Waals surface area (Å²) in [5.74, 6) is 1.67. The van der Waals surface area contributed by atoms with Crippen molar-refractivity contribution in [2.75, 3.05) is 7.11 Å². The molecule has 0 amide bonds. The number of benzene rings is 2. The minimum Gasteiger partial charge on any atom is -0.493 e. The van der Waals surface area contributed by atoms with Gasteiger partial charge in [-0.3, -0.25) is 4.79 Å². The summed E-state index contributed by atoms with van der Waals surface area (Å²) in [5, 5.41) is 5.41. The van der Waals surface area contributed by atoms with Crippen molar-refractivity contribution in [2.24, 2.45) is 5.10 Å². The number of fused-ring (bicyclic) bond motifs is 1. The second-order valence-corrected chi connectivity index (χ2v) is 9.00. The van der Waals surface area contributed by atoms with E-state index >= 15 is 0 Å². The second kappa shape index (κ2) is 10.5. The maximum absolute atomic E-state index is 13.3. The SMILES string of the molecule is CC[C@@H](C)Oc1c(Cl)cc(C=Nn2c([C@@H](C)CC)nc3ccc(Br)cc3c2=O)cc1OC. The second-order valence-electron chi connectivity index (χ2n) is 7.67. The Kier molecular flexibility index (Phi) is 7.96. The summed E-state index contributed by atoms with van der Waals surface area (Å²) in [6.45, 7) is 8.09. The molecular formula is C24H27BrClN3O3. The first kappa shape index (κ1) is 24.3. The van der Waals surface area contributed by atoms with E-state index in [9.17, 15) is 4.79 Å². The van der Waals surface area contributed by atoms with Crippen molar-refractivity contribution in [2.45, 2.75) is 52.6 Å². The summed E-state index contributed by atoms with van der Waals surface area (Å²) < 4.78 is 13.6. The number of hydrogen-bond acceptors (Lipinski definition) is 5. The van der Waals surface area contributed by atoms with E-state index < -0.39 is 0 Å². The largest absolute Gasteiger partial charge is 0.493 e. The lowest BCUT2D eigenvalue weighted by Crippen LogP contribution is -2.23. The average molecular weight is 521 g/mol. The van der Waals surface area contributed by atoms with Gasteiger partial charge < -0.3 is 9.47 Å². The number of ether oxygens (including phenoxy) is 2. The molecule has 3 aromatic rings. The zero-order valence-corrected chi connectivity index (χ0v) is 21.2. The lowest BCUT2D eigenvalue weighted by atomic mass is 10.1. The van der Waals surface area contributed by atoms with Crippen LogP contribution in [0.3, 0.4) is 0 Å². The Labute approximate surface area is 201 Å². The lowest BCUT2D eigenvalue weighted by Gasteiger charge is -2.17. The Morgan fingerprint density at radius 2 is 1.97 bits per heavy atom. The van der Waals surface area contributed by atoms with Gasteiger partial charge in [0.2, 0.25) is 0 Å². The van der Waals surface area contributed by atoms with Gasteiger partial charge in [0.15, 0.2) is 11.5 Å². The van der Waals surface area contributed by atoms with Crippen LogP contribution < -0.4 is 15.0 Å². The van der Waals surface area contributed by atoms with E-state index in [0.717, 1.165) is 17.3 Å². The van der Waals surface area contributed by atoms with Gasteiger partial charge in [0, 0.05) is 10.4 Å². The van der Waals surface area contributed by atoms with Crippen LogP contribution in [0.5, 0.6) is 11.5 Å². The van der Waals surface area contributed by atoms with E-state index in [2.05, 4.69) is 28.0 Å². The molecule has 8 heteroatoms. The van der Waals surface area contributed by atoms with Crippen LogP contribution in [-0.4, -0.2) is 29.1 Å². The Hall–Kier alpha value is -2.38. The minimum atomic E-state index is -0.224. The molecule has 1 aromatic heterocycles. The van der Waals surface area contributed by atoms with Gasteiger partial charge in [-0.15, -0.1) is 0 Å². The molecule has 2 aromatic carbocycles. The maximum atomic E-state index is 13.3. The number of methoxy groups -OCH3 is 1. The molecule has 0 aliphatic carbocycles. The van der Waals surface area contributed by atoms with Crippen molar-refractivity contribution in [3.8, 4) is 11.5 Å². The molecule has 0 radical (unpaired) electrons. The zero-order valence-electron chi connectivity index (χ0n) is 18.9. The van der Waals surface area contributed by atoms with Crippen LogP contribution in [-0.2, 0) is 0 Å². The fraction of sp³-hybridized carbons (Fsp3) is 0.375. The topological polar surface area (TPSA) is 65.7 Å². The number of hydrogen-bond donors (Lipinski definition) is 0. The van der Waals surface area contributed by atoms with Crippen molar-refractivity contribution in [1.29, 1.82) is 0 Å². The van der Waals surface area contributed by atoms with Crippen LogP contribution >= 0.6 is 27.5 Å². The predicted octanol–water partition coefficient (Wildman–Crippen LogP) is 6.39. The summed E-state index contributed by atoms with van der Waals surface area (Å²) >= 11 is 9.90. The molecule has 6 nitrogen and oxygen atoms in total. The van der Waals surface area contributed by atoms with Crippen molar-refractivity contribution >= 4 is 44.6 Å². The molecular weight excluding hydrogens is 494 g/mol. The van der Waals surface area contributed by atoms with Crippen LogP contribution in [0.4, 0.5) is 0 Å². The Bertz CT molecular complexity index is 1210. The Morgan fingerprint density at radius 1 is 1.22 bits per heavy atom. The third-order valence-electron chi connectivity index (χ3n) is 5.35. The normalized spacial score (nSPS) is 13.5. The third kappa shape index (κ3) is 5.15. The van der Waals surface area contributed by atoms with Crippen molar-refractivity contribution in [1.82, 2.24) is 9.66 Å². The first-order valence-corrected chi connectivity index (χ1v) is 11.8. The number of aromatic nitrogens is 2. The van der Waals surface area contributed by atoms with Crippen LogP contribution in [0.2, 0.25) is 5.02 Å². The molecule has 2 atom stereocenters. The monoisotopic (exact) mass is 519 g/mol. The summed E-state index contributed by atoms with van der Waals surface area (Å²) in [6, 6.07) is 9.00. The fourth-order valence-corrected chi connectivity index (χ4v) is 3.74.